The number of thiophene rings is 1. The normalized spacial score (nSPS) is 10.8. The maximum atomic E-state index is 9.11. The second-order valence-electron chi connectivity index (χ2n) is 2.90. The van der Waals surface area contributed by atoms with E-state index in [-0.39, 0.29) is 6.61 Å². The molecule has 74 valence electrons. The van der Waals surface area contributed by atoms with Crippen LogP contribution in [0, 0.1) is 0 Å². The first kappa shape index (κ1) is 9.96. The zero-order valence-electron chi connectivity index (χ0n) is 7.58. The SMILES string of the molecule is COc1csc2cc(Br)c(CO)cc12. The molecule has 1 aromatic heterocycles. The molecule has 1 aromatic carbocycles. The van der Waals surface area contributed by atoms with Gasteiger partial charge in [0.1, 0.15) is 5.75 Å². The van der Waals surface area contributed by atoms with Crippen LogP contribution in [0.1, 0.15) is 5.56 Å². The summed E-state index contributed by atoms with van der Waals surface area (Å²) < 4.78 is 7.32. The first-order valence-corrected chi connectivity index (χ1v) is 5.78. The summed E-state index contributed by atoms with van der Waals surface area (Å²) in [6.07, 6.45) is 0. The molecular formula is C10H9BrO2S. The summed E-state index contributed by atoms with van der Waals surface area (Å²) in [5.41, 5.74) is 0.884. The molecule has 1 heterocycles. The molecule has 0 bridgehead atoms. The lowest BCUT2D eigenvalue weighted by Gasteiger charge is -2.02. The summed E-state index contributed by atoms with van der Waals surface area (Å²) in [4.78, 5) is 0. The van der Waals surface area contributed by atoms with Gasteiger partial charge in [0, 0.05) is 19.9 Å². The van der Waals surface area contributed by atoms with Crippen LogP contribution in [0.3, 0.4) is 0 Å². The van der Waals surface area contributed by atoms with Gasteiger partial charge in [0.05, 0.1) is 13.7 Å². The third-order valence-electron chi connectivity index (χ3n) is 2.10. The van der Waals surface area contributed by atoms with Gasteiger partial charge in [-0.05, 0) is 17.7 Å². The number of methoxy groups -OCH3 is 1. The van der Waals surface area contributed by atoms with Crippen LogP contribution >= 0.6 is 27.3 Å². The average Bonchev–Trinajstić information content (AvgIpc) is 2.58. The summed E-state index contributed by atoms with van der Waals surface area (Å²) in [5, 5.41) is 12.1. The molecule has 0 amide bonds. The minimum Gasteiger partial charge on any atom is -0.495 e. The Morgan fingerprint density at radius 3 is 2.93 bits per heavy atom. The molecule has 0 aliphatic heterocycles. The molecule has 0 spiro atoms. The topological polar surface area (TPSA) is 29.5 Å². The number of halogens is 1. The fraction of sp³-hybridized carbons (Fsp3) is 0.200. The molecule has 4 heteroatoms. The summed E-state index contributed by atoms with van der Waals surface area (Å²) in [6, 6.07) is 3.96. The van der Waals surface area contributed by atoms with Crippen LogP contribution in [0.15, 0.2) is 22.0 Å². The highest BCUT2D eigenvalue weighted by molar-refractivity contribution is 9.10. The lowest BCUT2D eigenvalue weighted by Crippen LogP contribution is -1.85. The molecule has 14 heavy (non-hydrogen) atoms. The monoisotopic (exact) mass is 272 g/mol. The molecule has 1 N–H and O–H groups in total. The van der Waals surface area contributed by atoms with Crippen molar-refractivity contribution in [2.24, 2.45) is 0 Å². The van der Waals surface area contributed by atoms with Gasteiger partial charge in [-0.25, -0.2) is 0 Å². The number of rotatable bonds is 2. The van der Waals surface area contributed by atoms with E-state index in [1.54, 1.807) is 18.4 Å². The Balaban J connectivity index is 2.70. The predicted molar refractivity (Wildman–Crippen MR) is 62.0 cm³/mol. The Morgan fingerprint density at radius 1 is 1.50 bits per heavy atom. The minimum atomic E-state index is 0.0372. The number of aliphatic hydroxyl groups excluding tert-OH is 1. The number of hydrogen-bond acceptors (Lipinski definition) is 3. The van der Waals surface area contributed by atoms with Gasteiger partial charge < -0.3 is 9.84 Å². The quantitative estimate of drug-likeness (QED) is 0.910. The van der Waals surface area contributed by atoms with Gasteiger partial charge in [0.25, 0.3) is 0 Å². The van der Waals surface area contributed by atoms with E-state index in [1.807, 2.05) is 17.5 Å². The zero-order valence-corrected chi connectivity index (χ0v) is 9.98. The standard InChI is InChI=1S/C10H9BrO2S/c1-13-9-5-14-10-3-8(11)6(4-12)2-7(9)10/h2-3,5,12H,4H2,1H3. The van der Waals surface area contributed by atoms with E-state index < -0.39 is 0 Å². The van der Waals surface area contributed by atoms with Crippen LogP contribution in [0.25, 0.3) is 10.1 Å². The van der Waals surface area contributed by atoms with E-state index in [0.717, 1.165) is 25.9 Å². The Kier molecular flexibility index (Phi) is 2.76. The molecule has 2 nitrogen and oxygen atoms in total. The maximum Gasteiger partial charge on any atom is 0.137 e. The smallest absolute Gasteiger partial charge is 0.137 e. The number of aliphatic hydroxyl groups is 1. The number of fused-ring (bicyclic) bond motifs is 1. The molecule has 0 unspecified atom stereocenters. The van der Waals surface area contributed by atoms with Gasteiger partial charge >= 0.3 is 0 Å². The minimum absolute atomic E-state index is 0.0372. The molecule has 0 aliphatic rings. The highest BCUT2D eigenvalue weighted by atomic mass is 79.9. The predicted octanol–water partition coefficient (Wildman–Crippen LogP) is 3.16. The summed E-state index contributed by atoms with van der Waals surface area (Å²) in [6.45, 7) is 0.0372. The first-order valence-electron chi connectivity index (χ1n) is 4.10. The number of hydrogen-bond donors (Lipinski definition) is 1. The first-order chi connectivity index (χ1) is 6.76. The molecule has 0 fully saturated rings. The second-order valence-corrected chi connectivity index (χ2v) is 4.67. The van der Waals surface area contributed by atoms with Crippen molar-refractivity contribution in [3.05, 3.63) is 27.5 Å². The van der Waals surface area contributed by atoms with Crippen LogP contribution in [0.4, 0.5) is 0 Å². The molecule has 2 aromatic rings. The van der Waals surface area contributed by atoms with E-state index in [4.69, 9.17) is 9.84 Å². The zero-order chi connectivity index (χ0) is 10.1. The van der Waals surface area contributed by atoms with Crippen molar-refractivity contribution in [3.63, 3.8) is 0 Å². The summed E-state index contributed by atoms with van der Waals surface area (Å²) in [5.74, 6) is 0.868. The summed E-state index contributed by atoms with van der Waals surface area (Å²) >= 11 is 5.05. The molecule has 0 saturated heterocycles. The Morgan fingerprint density at radius 2 is 2.29 bits per heavy atom. The van der Waals surface area contributed by atoms with Crippen molar-refractivity contribution in [1.29, 1.82) is 0 Å². The van der Waals surface area contributed by atoms with E-state index in [1.165, 1.54) is 0 Å². The van der Waals surface area contributed by atoms with Crippen molar-refractivity contribution < 1.29 is 9.84 Å². The van der Waals surface area contributed by atoms with Crippen molar-refractivity contribution in [2.75, 3.05) is 7.11 Å². The lowest BCUT2D eigenvalue weighted by molar-refractivity contribution is 0.281. The van der Waals surface area contributed by atoms with Crippen LogP contribution in [0.5, 0.6) is 5.75 Å². The Labute approximate surface area is 94.3 Å². The van der Waals surface area contributed by atoms with E-state index in [0.29, 0.717) is 0 Å². The van der Waals surface area contributed by atoms with Crippen LogP contribution in [0.2, 0.25) is 0 Å². The van der Waals surface area contributed by atoms with Crippen molar-refractivity contribution >= 4 is 37.4 Å². The van der Waals surface area contributed by atoms with Crippen LogP contribution in [-0.2, 0) is 6.61 Å². The van der Waals surface area contributed by atoms with Crippen LogP contribution in [-0.4, -0.2) is 12.2 Å². The lowest BCUT2D eigenvalue weighted by atomic mass is 10.2. The Hall–Kier alpha value is -0.580. The molecule has 0 saturated carbocycles. The van der Waals surface area contributed by atoms with Crippen molar-refractivity contribution in [2.45, 2.75) is 6.61 Å². The third kappa shape index (κ3) is 1.54. The molecule has 0 aliphatic carbocycles. The van der Waals surface area contributed by atoms with Gasteiger partial charge in [0.15, 0.2) is 0 Å². The molecule has 0 radical (unpaired) electrons. The van der Waals surface area contributed by atoms with E-state index >= 15 is 0 Å². The Bertz CT molecular complexity index is 464. The average molecular weight is 273 g/mol. The highest BCUT2D eigenvalue weighted by Crippen LogP contribution is 2.35. The van der Waals surface area contributed by atoms with E-state index in [2.05, 4.69) is 15.9 Å². The second kappa shape index (κ2) is 3.88. The number of ether oxygens (including phenoxy) is 1. The third-order valence-corrected chi connectivity index (χ3v) is 3.76. The highest BCUT2D eigenvalue weighted by Gasteiger charge is 2.07. The van der Waals surface area contributed by atoms with Crippen LogP contribution < -0.4 is 4.74 Å². The number of benzene rings is 1. The van der Waals surface area contributed by atoms with Crippen molar-refractivity contribution in [3.8, 4) is 5.75 Å². The van der Waals surface area contributed by atoms with Crippen molar-refractivity contribution in [1.82, 2.24) is 0 Å². The van der Waals surface area contributed by atoms with Gasteiger partial charge in [0.2, 0.25) is 0 Å². The molecular weight excluding hydrogens is 264 g/mol. The molecule has 0 atom stereocenters. The fourth-order valence-corrected chi connectivity index (χ4v) is 2.90. The molecule has 2 rings (SSSR count). The summed E-state index contributed by atoms with van der Waals surface area (Å²) in [7, 11) is 1.65. The van der Waals surface area contributed by atoms with Gasteiger partial charge in [-0.15, -0.1) is 11.3 Å². The maximum absolute atomic E-state index is 9.11. The van der Waals surface area contributed by atoms with Gasteiger partial charge in [-0.2, -0.15) is 0 Å². The van der Waals surface area contributed by atoms with E-state index in [9.17, 15) is 0 Å². The van der Waals surface area contributed by atoms with Gasteiger partial charge in [-0.1, -0.05) is 15.9 Å². The van der Waals surface area contributed by atoms with Gasteiger partial charge in [-0.3, -0.25) is 0 Å². The fourth-order valence-electron chi connectivity index (χ4n) is 1.35. The largest absolute Gasteiger partial charge is 0.495 e.